The van der Waals surface area contributed by atoms with Crippen LogP contribution in [-0.2, 0) is 6.42 Å². The van der Waals surface area contributed by atoms with Crippen LogP contribution < -0.4 is 15.0 Å². The van der Waals surface area contributed by atoms with Gasteiger partial charge in [-0.3, -0.25) is 0 Å². The highest BCUT2D eigenvalue weighted by Gasteiger charge is 2.32. The maximum absolute atomic E-state index is 12.5. The molecule has 4 nitrogen and oxygen atoms in total. The number of hydrogen-bond donors (Lipinski definition) is 1. The smallest absolute Gasteiger partial charge is 0.406 e. The van der Waals surface area contributed by atoms with Crippen molar-refractivity contribution < 1.29 is 17.9 Å². The molecule has 0 spiro atoms. The topological polar surface area (TPSA) is 37.4 Å². The zero-order chi connectivity index (χ0) is 17.4. The molecule has 0 radical (unpaired) electrons. The molecule has 1 unspecified atom stereocenters. The number of nitrogens with zero attached hydrogens (tertiary/aromatic N) is 2. The molecule has 1 N–H and O–H groups in total. The van der Waals surface area contributed by atoms with E-state index in [4.69, 9.17) is 0 Å². The number of aromatic nitrogens is 1. The molecule has 0 amide bonds. The lowest BCUT2D eigenvalue weighted by molar-refractivity contribution is -0.274. The van der Waals surface area contributed by atoms with E-state index in [1.165, 1.54) is 12.1 Å². The number of nitrogens with one attached hydrogen (secondary N) is 1. The fraction of sp³-hybridized carbons (Fsp3) is 0.389. The van der Waals surface area contributed by atoms with Crippen LogP contribution in [0.2, 0.25) is 0 Å². The Hall–Kier alpha value is -2.28. The Balaban J connectivity index is 1.72. The third-order valence-corrected chi connectivity index (χ3v) is 4.76. The molecule has 1 aromatic carbocycles. The second-order valence-corrected chi connectivity index (χ2v) is 6.33. The van der Waals surface area contributed by atoms with Gasteiger partial charge in [0.05, 0.1) is 0 Å². The molecule has 132 valence electrons. The summed E-state index contributed by atoms with van der Waals surface area (Å²) in [6.07, 6.45) is -1.08. The maximum atomic E-state index is 12.5. The van der Waals surface area contributed by atoms with Crippen LogP contribution in [0.5, 0.6) is 5.75 Å². The van der Waals surface area contributed by atoms with Crippen LogP contribution in [0.15, 0.2) is 36.5 Å². The summed E-state index contributed by atoms with van der Waals surface area (Å²) < 4.78 is 41.5. The third-order valence-electron chi connectivity index (χ3n) is 4.76. The molecule has 0 bridgehead atoms. The Morgan fingerprint density at radius 2 is 2.12 bits per heavy atom. The van der Waals surface area contributed by atoms with E-state index >= 15 is 0 Å². The molecule has 0 aliphatic carbocycles. The average Bonchev–Trinajstić information content (AvgIpc) is 2.60. The third kappa shape index (κ3) is 3.28. The number of piperazine rings is 1. The van der Waals surface area contributed by atoms with Crippen molar-refractivity contribution in [2.24, 2.45) is 0 Å². The SMILES string of the molecule is FC(F)(F)Oc1cccc(-c2ccnc3c2CCC2CNCCN32)c1. The molecular weight excluding hydrogens is 331 g/mol. The number of ether oxygens (including phenoxy) is 1. The summed E-state index contributed by atoms with van der Waals surface area (Å²) in [5.41, 5.74) is 2.74. The van der Waals surface area contributed by atoms with Gasteiger partial charge in [0.15, 0.2) is 0 Å². The van der Waals surface area contributed by atoms with Gasteiger partial charge in [0.25, 0.3) is 0 Å². The highest BCUT2D eigenvalue weighted by molar-refractivity contribution is 5.74. The quantitative estimate of drug-likeness (QED) is 0.902. The van der Waals surface area contributed by atoms with Gasteiger partial charge in [-0.2, -0.15) is 0 Å². The molecule has 25 heavy (non-hydrogen) atoms. The first-order valence-electron chi connectivity index (χ1n) is 8.33. The van der Waals surface area contributed by atoms with Crippen molar-refractivity contribution >= 4 is 5.82 Å². The lowest BCUT2D eigenvalue weighted by Gasteiger charge is -2.42. The van der Waals surface area contributed by atoms with Crippen molar-refractivity contribution in [3.63, 3.8) is 0 Å². The summed E-state index contributed by atoms with van der Waals surface area (Å²) in [6.45, 7) is 2.75. The normalized spacial score (nSPS) is 20.0. The first-order valence-corrected chi connectivity index (χ1v) is 8.33. The minimum Gasteiger partial charge on any atom is -0.406 e. The van der Waals surface area contributed by atoms with Crippen molar-refractivity contribution in [3.05, 3.63) is 42.1 Å². The van der Waals surface area contributed by atoms with Crippen molar-refractivity contribution in [2.45, 2.75) is 25.2 Å². The molecule has 1 aromatic heterocycles. The van der Waals surface area contributed by atoms with E-state index < -0.39 is 6.36 Å². The highest BCUT2D eigenvalue weighted by atomic mass is 19.4. The maximum Gasteiger partial charge on any atom is 0.573 e. The van der Waals surface area contributed by atoms with Gasteiger partial charge in [-0.25, -0.2) is 4.98 Å². The van der Waals surface area contributed by atoms with Crippen LogP contribution in [0.1, 0.15) is 12.0 Å². The van der Waals surface area contributed by atoms with E-state index in [0.29, 0.717) is 11.6 Å². The van der Waals surface area contributed by atoms with Crippen LogP contribution >= 0.6 is 0 Å². The minimum absolute atomic E-state index is 0.202. The minimum atomic E-state index is -4.69. The lowest BCUT2D eigenvalue weighted by Crippen LogP contribution is -2.53. The zero-order valence-electron chi connectivity index (χ0n) is 13.5. The summed E-state index contributed by atoms with van der Waals surface area (Å²) in [5, 5.41) is 3.40. The molecule has 7 heteroatoms. The van der Waals surface area contributed by atoms with Crippen molar-refractivity contribution in [2.75, 3.05) is 24.5 Å². The van der Waals surface area contributed by atoms with Gasteiger partial charge in [0, 0.05) is 37.4 Å². The number of benzene rings is 1. The Morgan fingerprint density at radius 1 is 1.24 bits per heavy atom. The van der Waals surface area contributed by atoms with Crippen molar-refractivity contribution in [1.29, 1.82) is 0 Å². The highest BCUT2D eigenvalue weighted by Crippen LogP contribution is 2.37. The van der Waals surface area contributed by atoms with Gasteiger partial charge < -0.3 is 15.0 Å². The second kappa shape index (κ2) is 6.22. The number of anilines is 1. The summed E-state index contributed by atoms with van der Waals surface area (Å²) in [6, 6.07) is 8.45. The van der Waals surface area contributed by atoms with Gasteiger partial charge in [-0.05, 0) is 42.2 Å². The second-order valence-electron chi connectivity index (χ2n) is 6.33. The predicted molar refractivity (Wildman–Crippen MR) is 88.7 cm³/mol. The van der Waals surface area contributed by atoms with Gasteiger partial charge in [0.2, 0.25) is 0 Å². The van der Waals surface area contributed by atoms with Crippen molar-refractivity contribution in [1.82, 2.24) is 10.3 Å². The lowest BCUT2D eigenvalue weighted by atomic mass is 9.91. The van der Waals surface area contributed by atoms with E-state index in [2.05, 4.69) is 19.9 Å². The van der Waals surface area contributed by atoms with E-state index in [9.17, 15) is 13.2 Å². The molecule has 4 rings (SSSR count). The zero-order valence-corrected chi connectivity index (χ0v) is 13.5. The number of pyridine rings is 1. The molecule has 1 atom stereocenters. The first kappa shape index (κ1) is 16.2. The number of hydrogen-bond acceptors (Lipinski definition) is 4. The van der Waals surface area contributed by atoms with Gasteiger partial charge >= 0.3 is 6.36 Å². The van der Waals surface area contributed by atoms with Crippen LogP contribution in [0.3, 0.4) is 0 Å². The van der Waals surface area contributed by atoms with E-state index in [1.54, 1.807) is 12.3 Å². The standard InChI is InChI=1S/C18H18F3N3O/c19-18(20,21)25-14-3-1-2-12(10-14)15-6-7-23-17-16(15)5-4-13-11-22-8-9-24(13)17/h1-3,6-7,10,13,22H,4-5,8-9,11H2. The van der Waals surface area contributed by atoms with Crippen molar-refractivity contribution in [3.8, 4) is 16.9 Å². The molecule has 2 aliphatic heterocycles. The Labute approximate surface area is 143 Å². The summed E-state index contributed by atoms with van der Waals surface area (Å²) in [4.78, 5) is 6.87. The largest absolute Gasteiger partial charge is 0.573 e. The summed E-state index contributed by atoms with van der Waals surface area (Å²) >= 11 is 0. The summed E-state index contributed by atoms with van der Waals surface area (Å²) in [7, 11) is 0. The predicted octanol–water partition coefficient (Wildman–Crippen LogP) is 3.37. The Bertz CT molecular complexity index is 778. The molecule has 3 heterocycles. The number of rotatable bonds is 2. The van der Waals surface area contributed by atoms with Crippen LogP contribution in [0, 0.1) is 0 Å². The van der Waals surface area contributed by atoms with Crippen LogP contribution in [0.4, 0.5) is 19.0 Å². The van der Waals surface area contributed by atoms with Crippen LogP contribution in [-0.4, -0.2) is 37.0 Å². The number of alkyl halides is 3. The van der Waals surface area contributed by atoms with E-state index in [0.717, 1.165) is 49.4 Å². The molecular formula is C18H18F3N3O. The molecule has 0 saturated carbocycles. The molecule has 1 saturated heterocycles. The number of fused-ring (bicyclic) bond motifs is 3. The molecule has 2 aromatic rings. The van der Waals surface area contributed by atoms with E-state index in [-0.39, 0.29) is 5.75 Å². The van der Waals surface area contributed by atoms with E-state index in [1.807, 2.05) is 12.1 Å². The summed E-state index contributed by atoms with van der Waals surface area (Å²) in [5.74, 6) is 0.754. The Morgan fingerprint density at radius 3 is 2.96 bits per heavy atom. The van der Waals surface area contributed by atoms with Gasteiger partial charge in [-0.15, -0.1) is 13.2 Å². The van der Waals surface area contributed by atoms with Gasteiger partial charge in [0.1, 0.15) is 11.6 Å². The fourth-order valence-electron chi connectivity index (χ4n) is 3.72. The first-order chi connectivity index (χ1) is 12.0. The Kier molecular flexibility index (Phi) is 4.03. The monoisotopic (exact) mass is 349 g/mol. The molecule has 1 fully saturated rings. The fourth-order valence-corrected chi connectivity index (χ4v) is 3.72. The molecule has 2 aliphatic rings. The number of halogens is 3. The van der Waals surface area contributed by atoms with Crippen LogP contribution in [0.25, 0.3) is 11.1 Å². The van der Waals surface area contributed by atoms with Gasteiger partial charge in [-0.1, -0.05) is 12.1 Å². The average molecular weight is 349 g/mol.